The molecule has 0 atom stereocenters. The number of hydrogen-bond acceptors (Lipinski definition) is 7. The molecule has 1 aliphatic rings. The number of thiophene rings is 1. The Bertz CT molecular complexity index is 1520. The second-order valence-electron chi connectivity index (χ2n) is 8.25. The molecule has 7 nitrogen and oxygen atoms in total. The van der Waals surface area contributed by atoms with Crippen molar-refractivity contribution in [2.24, 2.45) is 5.92 Å². The maximum Gasteiger partial charge on any atom is 0.252 e. The van der Waals surface area contributed by atoms with E-state index in [0.29, 0.717) is 21.9 Å². The van der Waals surface area contributed by atoms with E-state index in [4.69, 9.17) is 11.6 Å². The van der Waals surface area contributed by atoms with Crippen molar-refractivity contribution in [3.05, 3.63) is 70.3 Å². The summed E-state index contributed by atoms with van der Waals surface area (Å²) in [5, 5.41) is 0.250. The van der Waals surface area contributed by atoms with E-state index in [9.17, 15) is 22.0 Å². The minimum absolute atomic E-state index is 0.000510. The molecule has 0 aliphatic carbocycles. The first kappa shape index (κ1) is 25.2. The van der Waals surface area contributed by atoms with Crippen LogP contribution >= 0.6 is 34.3 Å². The number of sulfonamides is 1. The highest BCUT2D eigenvalue weighted by atomic mass is 35.5. The average molecular weight is 569 g/mol. The van der Waals surface area contributed by atoms with Crippen LogP contribution in [0.2, 0.25) is 4.34 Å². The smallest absolute Gasteiger partial charge is 0.252 e. The van der Waals surface area contributed by atoms with E-state index in [1.165, 1.54) is 21.3 Å². The van der Waals surface area contributed by atoms with Crippen molar-refractivity contribution < 1.29 is 22.0 Å². The van der Waals surface area contributed by atoms with Crippen molar-refractivity contribution in [2.45, 2.75) is 23.6 Å². The molecule has 1 amide bonds. The molecule has 0 bridgehead atoms. The number of amides is 1. The highest BCUT2D eigenvalue weighted by molar-refractivity contribution is 7.91. The molecule has 0 radical (unpaired) electrons. The number of rotatable bonds is 6. The molecule has 4 heterocycles. The Morgan fingerprint density at radius 1 is 1.11 bits per heavy atom. The lowest BCUT2D eigenvalue weighted by molar-refractivity contribution is -0.123. The zero-order chi connectivity index (χ0) is 25.4. The van der Waals surface area contributed by atoms with Crippen molar-refractivity contribution in [1.82, 2.24) is 14.3 Å². The first-order chi connectivity index (χ1) is 17.2. The van der Waals surface area contributed by atoms with Gasteiger partial charge in [0.05, 0.1) is 15.6 Å². The average Bonchev–Trinajstić information content (AvgIpc) is 3.50. The lowest BCUT2D eigenvalue weighted by Gasteiger charge is -2.32. The molecule has 0 N–H and O–H groups in total. The van der Waals surface area contributed by atoms with Gasteiger partial charge in [-0.05, 0) is 48.7 Å². The summed E-state index contributed by atoms with van der Waals surface area (Å²) in [7, 11) is -3.69. The van der Waals surface area contributed by atoms with Gasteiger partial charge in [-0.3, -0.25) is 14.7 Å². The number of anilines is 1. The van der Waals surface area contributed by atoms with Gasteiger partial charge in [-0.15, -0.1) is 11.3 Å². The Morgan fingerprint density at radius 3 is 2.50 bits per heavy atom. The molecule has 1 fully saturated rings. The van der Waals surface area contributed by atoms with E-state index in [1.54, 1.807) is 30.6 Å². The predicted octanol–water partition coefficient (Wildman–Crippen LogP) is 5.32. The Balaban J connectivity index is 1.39. The maximum atomic E-state index is 14.3. The molecular formula is C23H19ClF2N4O3S3. The SMILES string of the molecule is O=C(C1CCN(S(=O)(=O)c2ccc(Cl)s2)CC1)N(Cc1ccncc1)c1nc2c(F)cc(F)cc2s1. The number of aromatic nitrogens is 2. The Morgan fingerprint density at radius 2 is 1.83 bits per heavy atom. The van der Waals surface area contributed by atoms with Crippen LogP contribution in [0.3, 0.4) is 0 Å². The van der Waals surface area contributed by atoms with E-state index in [0.717, 1.165) is 34.3 Å². The quantitative estimate of drug-likeness (QED) is 0.314. The monoisotopic (exact) mass is 568 g/mol. The molecular weight excluding hydrogens is 550 g/mol. The van der Waals surface area contributed by atoms with Gasteiger partial charge >= 0.3 is 0 Å². The lowest BCUT2D eigenvalue weighted by Crippen LogP contribution is -2.44. The van der Waals surface area contributed by atoms with Crippen LogP contribution in [0.4, 0.5) is 13.9 Å². The third-order valence-corrected chi connectivity index (χ3v) is 10.6. The summed E-state index contributed by atoms with van der Waals surface area (Å²) in [4.78, 5) is 23.5. The second-order valence-corrected chi connectivity index (χ2v) is 13.1. The largest absolute Gasteiger partial charge is 0.283 e. The van der Waals surface area contributed by atoms with Crippen molar-refractivity contribution in [2.75, 3.05) is 18.0 Å². The number of piperidine rings is 1. The zero-order valence-corrected chi connectivity index (χ0v) is 21.8. The predicted molar refractivity (Wildman–Crippen MR) is 136 cm³/mol. The van der Waals surface area contributed by atoms with Crippen LogP contribution in [-0.2, 0) is 21.4 Å². The van der Waals surface area contributed by atoms with Gasteiger partial charge in [0.15, 0.2) is 10.9 Å². The van der Waals surface area contributed by atoms with Gasteiger partial charge < -0.3 is 0 Å². The van der Waals surface area contributed by atoms with Crippen LogP contribution in [0.15, 0.2) is 53.0 Å². The highest BCUT2D eigenvalue weighted by Gasteiger charge is 2.35. The first-order valence-corrected chi connectivity index (χ1v) is 14.4. The molecule has 4 aromatic rings. The van der Waals surface area contributed by atoms with Crippen LogP contribution in [0.5, 0.6) is 0 Å². The minimum Gasteiger partial charge on any atom is -0.283 e. The molecule has 0 unspecified atom stereocenters. The standard InChI is InChI=1S/C23H19ClF2N4O3S3/c24-19-1-2-20(35-19)36(32,33)29-9-5-15(6-10-29)22(31)30(13-14-3-7-27-8-4-14)23-28-21-17(26)11-16(25)12-18(21)34-23/h1-4,7-8,11-12,15H,5-6,9-10,13H2. The van der Waals surface area contributed by atoms with Gasteiger partial charge in [-0.2, -0.15) is 4.31 Å². The Labute approximate surface area is 219 Å². The molecule has 0 saturated carbocycles. The molecule has 5 rings (SSSR count). The van der Waals surface area contributed by atoms with Crippen LogP contribution in [0.25, 0.3) is 10.2 Å². The summed E-state index contributed by atoms with van der Waals surface area (Å²) < 4.78 is 56.2. The fourth-order valence-electron chi connectivity index (χ4n) is 4.10. The summed E-state index contributed by atoms with van der Waals surface area (Å²) in [6, 6.07) is 8.49. The van der Waals surface area contributed by atoms with Crippen LogP contribution < -0.4 is 4.90 Å². The van der Waals surface area contributed by atoms with E-state index in [-0.39, 0.29) is 40.4 Å². The van der Waals surface area contributed by atoms with Crippen LogP contribution in [0, 0.1) is 17.6 Å². The summed E-state index contributed by atoms with van der Waals surface area (Å²) in [6.07, 6.45) is 3.84. The first-order valence-electron chi connectivity index (χ1n) is 10.9. The number of carbonyl (C=O) groups is 1. The summed E-state index contributed by atoms with van der Waals surface area (Å²) >= 11 is 7.93. The third kappa shape index (κ3) is 5.00. The van der Waals surface area contributed by atoms with Crippen LogP contribution in [-0.4, -0.2) is 41.7 Å². The normalized spacial score (nSPS) is 15.4. The van der Waals surface area contributed by atoms with Gasteiger partial charge in [0.2, 0.25) is 5.91 Å². The molecule has 1 saturated heterocycles. The van der Waals surface area contributed by atoms with Gasteiger partial charge in [0.1, 0.15) is 15.5 Å². The third-order valence-electron chi connectivity index (χ3n) is 5.93. The highest BCUT2D eigenvalue weighted by Crippen LogP contribution is 2.35. The molecule has 1 aliphatic heterocycles. The van der Waals surface area contributed by atoms with E-state index >= 15 is 0 Å². The van der Waals surface area contributed by atoms with Crippen molar-refractivity contribution in [3.63, 3.8) is 0 Å². The van der Waals surface area contributed by atoms with Gasteiger partial charge in [0.25, 0.3) is 10.0 Å². The minimum atomic E-state index is -3.69. The molecule has 13 heteroatoms. The van der Waals surface area contributed by atoms with Crippen molar-refractivity contribution >= 4 is 65.6 Å². The number of fused-ring (bicyclic) bond motifs is 1. The zero-order valence-electron chi connectivity index (χ0n) is 18.6. The Hall–Kier alpha value is -2.51. The number of halogens is 3. The second kappa shape index (κ2) is 10.1. The summed E-state index contributed by atoms with van der Waals surface area (Å²) in [5.41, 5.74) is 0.790. The fraction of sp³-hybridized carbons (Fsp3) is 0.261. The number of pyridine rings is 1. The molecule has 188 valence electrons. The van der Waals surface area contributed by atoms with Gasteiger partial charge in [-0.1, -0.05) is 22.9 Å². The number of nitrogens with zero attached hydrogens (tertiary/aromatic N) is 4. The molecule has 36 heavy (non-hydrogen) atoms. The number of hydrogen-bond donors (Lipinski definition) is 0. The lowest BCUT2D eigenvalue weighted by atomic mass is 9.96. The van der Waals surface area contributed by atoms with Gasteiger partial charge in [0, 0.05) is 37.5 Å². The molecule has 3 aromatic heterocycles. The molecule has 0 spiro atoms. The Kier molecular flexibility index (Phi) is 7.05. The number of carbonyl (C=O) groups excluding carboxylic acids is 1. The molecule has 1 aromatic carbocycles. The van der Waals surface area contributed by atoms with E-state index in [2.05, 4.69) is 9.97 Å². The van der Waals surface area contributed by atoms with Crippen molar-refractivity contribution in [3.8, 4) is 0 Å². The van der Waals surface area contributed by atoms with E-state index in [1.807, 2.05) is 0 Å². The van der Waals surface area contributed by atoms with E-state index < -0.39 is 27.6 Å². The van der Waals surface area contributed by atoms with Gasteiger partial charge in [-0.25, -0.2) is 22.2 Å². The number of benzene rings is 1. The van der Waals surface area contributed by atoms with Crippen molar-refractivity contribution in [1.29, 1.82) is 0 Å². The number of thiazole rings is 1. The summed E-state index contributed by atoms with van der Waals surface area (Å²) in [6.45, 7) is 0.519. The topological polar surface area (TPSA) is 83.5 Å². The van der Waals surface area contributed by atoms with Crippen LogP contribution in [0.1, 0.15) is 18.4 Å². The maximum absolute atomic E-state index is 14.3. The summed E-state index contributed by atoms with van der Waals surface area (Å²) in [5.74, 6) is -2.22. The fourth-order valence-corrected chi connectivity index (χ4v) is 8.22.